The van der Waals surface area contributed by atoms with Crippen LogP contribution in [-0.2, 0) is 16.0 Å². The lowest BCUT2D eigenvalue weighted by Gasteiger charge is -2.37. The molecule has 7 heteroatoms. The van der Waals surface area contributed by atoms with Crippen molar-refractivity contribution in [2.45, 2.75) is 52.0 Å². The fourth-order valence-electron chi connectivity index (χ4n) is 4.76. The first-order valence-corrected chi connectivity index (χ1v) is 11.1. The maximum absolute atomic E-state index is 13.0. The van der Waals surface area contributed by atoms with E-state index >= 15 is 0 Å². The molecule has 0 radical (unpaired) electrons. The van der Waals surface area contributed by atoms with Gasteiger partial charge in [0.1, 0.15) is 5.92 Å². The second-order valence-electron chi connectivity index (χ2n) is 8.21. The van der Waals surface area contributed by atoms with Crippen molar-refractivity contribution in [1.29, 1.82) is 0 Å². The summed E-state index contributed by atoms with van der Waals surface area (Å²) in [5, 5.41) is 4.79. The van der Waals surface area contributed by atoms with Crippen LogP contribution in [0.5, 0.6) is 0 Å². The van der Waals surface area contributed by atoms with Gasteiger partial charge in [-0.1, -0.05) is 32.0 Å². The minimum atomic E-state index is -0.780. The molecule has 2 N–H and O–H groups in total. The van der Waals surface area contributed by atoms with Gasteiger partial charge in [0.15, 0.2) is 0 Å². The largest absolute Gasteiger partial charge is 0.357 e. The fourth-order valence-corrected chi connectivity index (χ4v) is 4.76. The number of nitrogens with one attached hydrogen (secondary N) is 2. The Morgan fingerprint density at radius 1 is 0.967 bits per heavy atom. The summed E-state index contributed by atoms with van der Waals surface area (Å²) in [6, 6.07) is 7.90. The molecule has 1 atom stereocenters. The second kappa shape index (κ2) is 8.60. The average Bonchev–Trinajstić information content (AvgIpc) is 3.14. The molecule has 1 aromatic heterocycles. The lowest BCUT2D eigenvalue weighted by molar-refractivity contribution is -0.149. The highest BCUT2D eigenvalue weighted by atomic mass is 16.2. The Hall–Kier alpha value is -2.67. The van der Waals surface area contributed by atoms with Crippen LogP contribution >= 0.6 is 0 Å². The van der Waals surface area contributed by atoms with E-state index in [9.17, 15) is 14.4 Å². The number of aromatic amines is 1. The molecule has 0 spiro atoms. The molecule has 1 saturated heterocycles. The smallest absolute Gasteiger partial charge is 0.333 e. The lowest BCUT2D eigenvalue weighted by Crippen LogP contribution is -2.60. The van der Waals surface area contributed by atoms with Crippen LogP contribution in [0.4, 0.5) is 4.79 Å². The number of rotatable bonds is 7. The van der Waals surface area contributed by atoms with Crippen molar-refractivity contribution in [2.24, 2.45) is 5.92 Å². The Labute approximate surface area is 176 Å². The van der Waals surface area contributed by atoms with Crippen LogP contribution in [0, 0.1) is 5.92 Å². The standard InChI is InChI=1S/C23H30N4O3/c1-3-13-26-21(28)17(22(29)27(14-4-2)23(26)30)9-10-19-20-16(11-12-24-19)15-7-5-6-8-18(15)25-20/h5-8,17,19,24-25H,3-4,9-14H2,1-2H3. The number of amides is 4. The number of barbiturate groups is 1. The number of aromatic nitrogens is 1. The van der Waals surface area contributed by atoms with Crippen molar-refractivity contribution in [2.75, 3.05) is 19.6 Å². The number of benzene rings is 1. The molecule has 4 amide bonds. The van der Waals surface area contributed by atoms with Crippen molar-refractivity contribution in [3.63, 3.8) is 0 Å². The highest BCUT2D eigenvalue weighted by Crippen LogP contribution is 2.33. The molecule has 0 bridgehead atoms. The van der Waals surface area contributed by atoms with Crippen LogP contribution in [0.15, 0.2) is 24.3 Å². The summed E-state index contributed by atoms with van der Waals surface area (Å²) < 4.78 is 0. The number of hydrogen-bond acceptors (Lipinski definition) is 4. The van der Waals surface area contributed by atoms with Crippen LogP contribution in [0.3, 0.4) is 0 Å². The zero-order valence-electron chi connectivity index (χ0n) is 17.7. The number of imide groups is 2. The third kappa shape index (κ3) is 3.51. The predicted molar refractivity (Wildman–Crippen MR) is 115 cm³/mol. The summed E-state index contributed by atoms with van der Waals surface area (Å²) in [4.78, 5) is 44.7. The minimum absolute atomic E-state index is 0.0682. The van der Waals surface area contributed by atoms with E-state index in [0.29, 0.717) is 38.8 Å². The van der Waals surface area contributed by atoms with Crippen molar-refractivity contribution in [1.82, 2.24) is 20.1 Å². The summed E-state index contributed by atoms with van der Waals surface area (Å²) >= 11 is 0. The van der Waals surface area contributed by atoms with Gasteiger partial charge in [0.2, 0.25) is 11.8 Å². The first kappa shape index (κ1) is 20.6. The summed E-state index contributed by atoms with van der Waals surface area (Å²) in [6.45, 7) is 5.44. The summed E-state index contributed by atoms with van der Waals surface area (Å²) in [6.07, 6.45) is 3.41. The highest BCUT2D eigenvalue weighted by Gasteiger charge is 2.45. The third-order valence-electron chi connectivity index (χ3n) is 6.19. The van der Waals surface area contributed by atoms with Crippen LogP contribution in [-0.4, -0.2) is 52.3 Å². The molecule has 30 heavy (non-hydrogen) atoms. The molecule has 1 aromatic carbocycles. The molecule has 7 nitrogen and oxygen atoms in total. The van der Waals surface area contributed by atoms with Crippen molar-refractivity contribution in [3.05, 3.63) is 35.5 Å². The lowest BCUT2D eigenvalue weighted by atomic mass is 9.91. The Morgan fingerprint density at radius 2 is 1.63 bits per heavy atom. The molecule has 4 rings (SSSR count). The van der Waals surface area contributed by atoms with E-state index in [1.54, 1.807) is 0 Å². The monoisotopic (exact) mass is 410 g/mol. The Kier molecular flexibility index (Phi) is 5.90. The highest BCUT2D eigenvalue weighted by molar-refractivity contribution is 6.16. The first-order chi connectivity index (χ1) is 14.6. The van der Waals surface area contributed by atoms with E-state index in [1.807, 2.05) is 19.9 Å². The van der Waals surface area contributed by atoms with E-state index in [0.717, 1.165) is 24.2 Å². The topological polar surface area (TPSA) is 85.5 Å². The second-order valence-corrected chi connectivity index (χ2v) is 8.21. The van der Waals surface area contributed by atoms with E-state index < -0.39 is 11.9 Å². The van der Waals surface area contributed by atoms with Crippen LogP contribution in [0.1, 0.15) is 56.8 Å². The van der Waals surface area contributed by atoms with E-state index in [1.165, 1.54) is 20.7 Å². The summed E-state index contributed by atoms with van der Waals surface area (Å²) in [7, 11) is 0. The van der Waals surface area contributed by atoms with E-state index in [-0.39, 0.29) is 17.9 Å². The summed E-state index contributed by atoms with van der Waals surface area (Å²) in [5.74, 6) is -1.46. The zero-order chi connectivity index (χ0) is 21.3. The van der Waals surface area contributed by atoms with Gasteiger partial charge in [0.25, 0.3) is 0 Å². The minimum Gasteiger partial charge on any atom is -0.357 e. The zero-order valence-corrected chi connectivity index (χ0v) is 17.7. The van der Waals surface area contributed by atoms with Gasteiger partial charge >= 0.3 is 6.03 Å². The molecule has 0 aliphatic carbocycles. The molecule has 1 unspecified atom stereocenters. The predicted octanol–water partition coefficient (Wildman–Crippen LogP) is 3.36. The SMILES string of the molecule is CCCN1C(=O)C(CCC2NCCc3c2[nH]c2ccccc32)C(=O)N(CCC)C1=O. The maximum atomic E-state index is 13.0. The number of carbonyl (C=O) groups excluding carboxylic acids is 3. The maximum Gasteiger partial charge on any atom is 0.333 e. The molecule has 1 fully saturated rings. The number of nitrogens with zero attached hydrogens (tertiary/aromatic N) is 2. The van der Waals surface area contributed by atoms with Gasteiger partial charge in [-0.15, -0.1) is 0 Å². The number of para-hydroxylation sites is 1. The van der Waals surface area contributed by atoms with Gasteiger partial charge in [-0.3, -0.25) is 19.4 Å². The molecule has 0 saturated carbocycles. The molecule has 160 valence electrons. The van der Waals surface area contributed by atoms with Crippen LogP contribution < -0.4 is 5.32 Å². The van der Waals surface area contributed by atoms with Crippen molar-refractivity contribution >= 4 is 28.7 Å². The quantitative estimate of drug-likeness (QED) is 0.686. The van der Waals surface area contributed by atoms with E-state index in [4.69, 9.17) is 0 Å². The Bertz CT molecular complexity index is 939. The van der Waals surface area contributed by atoms with E-state index in [2.05, 4.69) is 28.5 Å². The van der Waals surface area contributed by atoms with Gasteiger partial charge in [-0.2, -0.15) is 0 Å². The Balaban J connectivity index is 1.54. The van der Waals surface area contributed by atoms with Gasteiger partial charge in [0, 0.05) is 35.7 Å². The van der Waals surface area contributed by atoms with Gasteiger partial charge in [-0.25, -0.2) is 4.79 Å². The van der Waals surface area contributed by atoms with Gasteiger partial charge in [-0.05, 0) is 50.3 Å². The molecule has 2 aliphatic heterocycles. The summed E-state index contributed by atoms with van der Waals surface area (Å²) in [5.41, 5.74) is 3.60. The third-order valence-corrected chi connectivity index (χ3v) is 6.19. The van der Waals surface area contributed by atoms with Crippen molar-refractivity contribution < 1.29 is 14.4 Å². The molecular formula is C23H30N4O3. The number of hydrogen-bond donors (Lipinski definition) is 2. The fraction of sp³-hybridized carbons (Fsp3) is 0.522. The van der Waals surface area contributed by atoms with Crippen LogP contribution in [0.25, 0.3) is 10.9 Å². The first-order valence-electron chi connectivity index (χ1n) is 11.1. The Morgan fingerprint density at radius 3 is 2.30 bits per heavy atom. The number of urea groups is 1. The van der Waals surface area contributed by atoms with Crippen molar-refractivity contribution in [3.8, 4) is 0 Å². The molecule has 3 heterocycles. The normalized spacial score (nSPS) is 20.3. The van der Waals surface area contributed by atoms with Gasteiger partial charge in [0.05, 0.1) is 0 Å². The molecule has 2 aliphatic rings. The molecule has 2 aromatic rings. The number of fused-ring (bicyclic) bond motifs is 3. The number of carbonyl (C=O) groups is 3. The molecular weight excluding hydrogens is 380 g/mol. The van der Waals surface area contributed by atoms with Gasteiger partial charge < -0.3 is 10.3 Å². The number of H-pyrrole nitrogens is 1. The van der Waals surface area contributed by atoms with Crippen LogP contribution in [0.2, 0.25) is 0 Å². The average molecular weight is 411 g/mol.